The van der Waals surface area contributed by atoms with Crippen LogP contribution < -0.4 is 5.32 Å². The lowest BCUT2D eigenvalue weighted by atomic mass is 9.87. The zero-order valence-corrected chi connectivity index (χ0v) is 12.8. The van der Waals surface area contributed by atoms with E-state index in [9.17, 15) is 5.11 Å². The SMILES string of the molecule is CC(C)(C)c1ccc(NCc2ccc(O)c(Cl)c2)cc1. The first-order valence-corrected chi connectivity index (χ1v) is 7.06. The number of nitrogens with one attached hydrogen (secondary N) is 1. The largest absolute Gasteiger partial charge is 0.506 e. The number of phenols is 1. The number of halogens is 1. The van der Waals surface area contributed by atoms with Crippen molar-refractivity contribution in [1.29, 1.82) is 0 Å². The second-order valence-corrected chi connectivity index (χ2v) is 6.37. The second kappa shape index (κ2) is 5.76. The van der Waals surface area contributed by atoms with E-state index in [-0.39, 0.29) is 11.2 Å². The summed E-state index contributed by atoms with van der Waals surface area (Å²) in [6, 6.07) is 13.7. The van der Waals surface area contributed by atoms with E-state index in [2.05, 4.69) is 50.4 Å². The lowest BCUT2D eigenvalue weighted by molar-refractivity contribution is 0.475. The van der Waals surface area contributed by atoms with Crippen LogP contribution in [0.25, 0.3) is 0 Å². The van der Waals surface area contributed by atoms with Crippen LogP contribution in [0.15, 0.2) is 42.5 Å². The second-order valence-electron chi connectivity index (χ2n) is 5.97. The summed E-state index contributed by atoms with van der Waals surface area (Å²) in [6.45, 7) is 7.28. The van der Waals surface area contributed by atoms with E-state index in [1.165, 1.54) is 5.56 Å². The third-order valence-corrected chi connectivity index (χ3v) is 3.56. The van der Waals surface area contributed by atoms with Gasteiger partial charge in [-0.1, -0.05) is 50.6 Å². The molecule has 3 heteroatoms. The highest BCUT2D eigenvalue weighted by molar-refractivity contribution is 6.32. The van der Waals surface area contributed by atoms with Crippen LogP contribution in [0, 0.1) is 0 Å². The van der Waals surface area contributed by atoms with Gasteiger partial charge in [-0.2, -0.15) is 0 Å². The molecule has 0 bridgehead atoms. The minimum absolute atomic E-state index is 0.116. The van der Waals surface area contributed by atoms with Crippen molar-refractivity contribution in [3.63, 3.8) is 0 Å². The van der Waals surface area contributed by atoms with Crippen LogP contribution in [-0.2, 0) is 12.0 Å². The van der Waals surface area contributed by atoms with Crippen LogP contribution in [0.5, 0.6) is 5.75 Å². The summed E-state index contributed by atoms with van der Waals surface area (Å²) in [7, 11) is 0. The van der Waals surface area contributed by atoms with Crippen molar-refractivity contribution in [2.24, 2.45) is 0 Å². The average molecular weight is 290 g/mol. The highest BCUT2D eigenvalue weighted by Crippen LogP contribution is 2.25. The molecule has 0 saturated carbocycles. The lowest BCUT2D eigenvalue weighted by Gasteiger charge is -2.19. The fourth-order valence-electron chi connectivity index (χ4n) is 1.95. The molecule has 2 aromatic carbocycles. The molecule has 0 heterocycles. The molecular formula is C17H20ClNO. The number of anilines is 1. The standard InChI is InChI=1S/C17H20ClNO/c1-17(2,3)13-5-7-14(8-6-13)19-11-12-4-9-16(20)15(18)10-12/h4-10,19-20H,11H2,1-3H3. The van der Waals surface area contributed by atoms with Crippen molar-refractivity contribution in [1.82, 2.24) is 0 Å². The van der Waals surface area contributed by atoms with Crippen LogP contribution in [0.2, 0.25) is 5.02 Å². The van der Waals surface area contributed by atoms with E-state index in [4.69, 9.17) is 11.6 Å². The first-order chi connectivity index (χ1) is 9.36. The Morgan fingerprint density at radius 2 is 1.70 bits per heavy atom. The first-order valence-electron chi connectivity index (χ1n) is 6.68. The number of hydrogen-bond acceptors (Lipinski definition) is 2. The van der Waals surface area contributed by atoms with Crippen LogP contribution in [0.3, 0.4) is 0 Å². The predicted octanol–water partition coefficient (Wildman–Crippen LogP) is 4.96. The molecule has 20 heavy (non-hydrogen) atoms. The molecule has 0 radical (unpaired) electrons. The molecule has 2 nitrogen and oxygen atoms in total. The molecule has 0 atom stereocenters. The van der Waals surface area contributed by atoms with Gasteiger partial charge in [0.25, 0.3) is 0 Å². The maximum absolute atomic E-state index is 9.38. The normalized spacial score (nSPS) is 11.4. The Bertz CT molecular complexity index is 585. The third kappa shape index (κ3) is 3.67. The van der Waals surface area contributed by atoms with E-state index in [1.54, 1.807) is 12.1 Å². The average Bonchev–Trinajstić information content (AvgIpc) is 2.40. The molecule has 0 saturated heterocycles. The summed E-state index contributed by atoms with van der Waals surface area (Å²) in [5.74, 6) is 0.116. The van der Waals surface area contributed by atoms with Crippen LogP contribution in [-0.4, -0.2) is 5.11 Å². The topological polar surface area (TPSA) is 32.3 Å². The minimum atomic E-state index is 0.116. The Morgan fingerprint density at radius 3 is 2.25 bits per heavy atom. The molecule has 0 aliphatic carbocycles. The molecule has 0 aromatic heterocycles. The monoisotopic (exact) mass is 289 g/mol. The molecule has 0 amide bonds. The molecule has 2 rings (SSSR count). The number of phenolic OH excluding ortho intramolecular Hbond substituents is 1. The fraction of sp³-hybridized carbons (Fsp3) is 0.294. The van der Waals surface area contributed by atoms with Crippen molar-refractivity contribution in [2.75, 3.05) is 5.32 Å². The Balaban J connectivity index is 2.02. The van der Waals surface area contributed by atoms with Gasteiger partial charge in [-0.05, 0) is 40.8 Å². The molecule has 2 aromatic rings. The van der Waals surface area contributed by atoms with Crippen molar-refractivity contribution in [3.8, 4) is 5.75 Å². The lowest BCUT2D eigenvalue weighted by Crippen LogP contribution is -2.10. The third-order valence-electron chi connectivity index (χ3n) is 3.26. The van der Waals surface area contributed by atoms with Gasteiger partial charge in [-0.15, -0.1) is 0 Å². The molecule has 106 valence electrons. The van der Waals surface area contributed by atoms with Gasteiger partial charge in [0, 0.05) is 12.2 Å². The molecule has 0 aliphatic heterocycles. The highest BCUT2D eigenvalue weighted by atomic mass is 35.5. The van der Waals surface area contributed by atoms with Gasteiger partial charge in [0.15, 0.2) is 0 Å². The Labute approximate surface area is 125 Å². The van der Waals surface area contributed by atoms with E-state index >= 15 is 0 Å². The zero-order valence-electron chi connectivity index (χ0n) is 12.1. The van der Waals surface area contributed by atoms with Gasteiger partial charge in [0.1, 0.15) is 5.75 Å². The summed E-state index contributed by atoms with van der Waals surface area (Å²) < 4.78 is 0. The van der Waals surface area contributed by atoms with Crippen LogP contribution in [0.1, 0.15) is 31.9 Å². The molecular weight excluding hydrogens is 270 g/mol. The maximum atomic E-state index is 9.38. The van der Waals surface area contributed by atoms with Gasteiger partial charge in [0.2, 0.25) is 0 Å². The Kier molecular flexibility index (Phi) is 4.24. The highest BCUT2D eigenvalue weighted by Gasteiger charge is 2.12. The van der Waals surface area contributed by atoms with Crippen molar-refractivity contribution in [2.45, 2.75) is 32.7 Å². The van der Waals surface area contributed by atoms with Gasteiger partial charge < -0.3 is 10.4 Å². The molecule has 0 unspecified atom stereocenters. The van der Waals surface area contributed by atoms with Crippen molar-refractivity contribution >= 4 is 17.3 Å². The van der Waals surface area contributed by atoms with Crippen LogP contribution in [0.4, 0.5) is 5.69 Å². The number of rotatable bonds is 3. The van der Waals surface area contributed by atoms with Gasteiger partial charge in [-0.25, -0.2) is 0 Å². The summed E-state index contributed by atoms with van der Waals surface area (Å²) in [6.07, 6.45) is 0. The predicted molar refractivity (Wildman–Crippen MR) is 85.6 cm³/mol. The zero-order chi connectivity index (χ0) is 14.8. The van der Waals surface area contributed by atoms with Crippen molar-refractivity contribution < 1.29 is 5.11 Å². The first kappa shape index (κ1) is 14.7. The number of aromatic hydroxyl groups is 1. The Hall–Kier alpha value is -1.67. The number of benzene rings is 2. The molecule has 2 N–H and O–H groups in total. The van der Waals surface area contributed by atoms with Crippen molar-refractivity contribution in [3.05, 3.63) is 58.6 Å². The van der Waals surface area contributed by atoms with Crippen LogP contribution >= 0.6 is 11.6 Å². The van der Waals surface area contributed by atoms with Gasteiger partial charge >= 0.3 is 0 Å². The summed E-state index contributed by atoms with van der Waals surface area (Å²) in [4.78, 5) is 0. The van der Waals surface area contributed by atoms with E-state index < -0.39 is 0 Å². The maximum Gasteiger partial charge on any atom is 0.134 e. The summed E-state index contributed by atoms with van der Waals surface area (Å²) >= 11 is 5.89. The molecule has 0 fully saturated rings. The fourth-order valence-corrected chi connectivity index (χ4v) is 2.16. The number of hydrogen-bond donors (Lipinski definition) is 2. The van der Waals surface area contributed by atoms with Gasteiger partial charge in [-0.3, -0.25) is 0 Å². The summed E-state index contributed by atoms with van der Waals surface area (Å²) in [5, 5.41) is 13.1. The quantitative estimate of drug-likeness (QED) is 0.837. The smallest absolute Gasteiger partial charge is 0.134 e. The van der Waals surface area contributed by atoms with E-state index in [0.717, 1.165) is 11.3 Å². The summed E-state index contributed by atoms with van der Waals surface area (Å²) in [5.41, 5.74) is 3.59. The van der Waals surface area contributed by atoms with E-state index in [1.807, 2.05) is 6.07 Å². The van der Waals surface area contributed by atoms with E-state index in [0.29, 0.717) is 11.6 Å². The van der Waals surface area contributed by atoms with Gasteiger partial charge in [0.05, 0.1) is 5.02 Å². The minimum Gasteiger partial charge on any atom is -0.506 e. The molecule has 0 spiro atoms. The molecule has 0 aliphatic rings. The Morgan fingerprint density at radius 1 is 1.05 bits per heavy atom.